The topological polar surface area (TPSA) is 69.6 Å². The van der Waals surface area contributed by atoms with Crippen LogP contribution in [0.25, 0.3) is 0 Å². The first kappa shape index (κ1) is 12.7. The highest BCUT2D eigenvalue weighted by atomic mass is 35.5. The molecular formula is C12H13ClN2O3. The molecule has 0 unspecified atom stereocenters. The predicted octanol–water partition coefficient (Wildman–Crippen LogP) is 2.42. The Morgan fingerprint density at radius 2 is 2.11 bits per heavy atom. The van der Waals surface area contributed by atoms with Crippen molar-refractivity contribution in [2.45, 2.75) is 18.9 Å². The molecular weight excluding hydrogens is 256 g/mol. The molecule has 2 rings (SSSR count). The van der Waals surface area contributed by atoms with E-state index in [4.69, 9.17) is 16.7 Å². The number of carboxylic acid groups (broad SMARTS) is 1. The fraction of sp³-hybridized carbons (Fsp3) is 0.333. The van der Waals surface area contributed by atoms with E-state index in [0.29, 0.717) is 30.1 Å². The number of hydrogen-bond donors (Lipinski definition) is 2. The van der Waals surface area contributed by atoms with Gasteiger partial charge in [0, 0.05) is 6.54 Å². The van der Waals surface area contributed by atoms with Crippen molar-refractivity contribution in [3.05, 3.63) is 29.3 Å². The summed E-state index contributed by atoms with van der Waals surface area (Å²) in [4.78, 5) is 24.3. The lowest BCUT2D eigenvalue weighted by Gasteiger charge is -2.22. The molecule has 1 atom stereocenters. The summed E-state index contributed by atoms with van der Waals surface area (Å²) in [5.41, 5.74) is 0.486. The van der Waals surface area contributed by atoms with Crippen molar-refractivity contribution >= 4 is 29.3 Å². The third-order valence-electron chi connectivity index (χ3n) is 2.91. The Morgan fingerprint density at radius 1 is 1.39 bits per heavy atom. The molecule has 1 aromatic carbocycles. The van der Waals surface area contributed by atoms with Crippen LogP contribution in [-0.4, -0.2) is 34.6 Å². The van der Waals surface area contributed by atoms with Gasteiger partial charge in [0.05, 0.1) is 10.7 Å². The number of aliphatic carboxylic acids is 1. The molecule has 1 aliphatic rings. The van der Waals surface area contributed by atoms with Crippen LogP contribution >= 0.6 is 11.6 Å². The number of rotatable bonds is 2. The summed E-state index contributed by atoms with van der Waals surface area (Å²) < 4.78 is 0. The second-order valence-corrected chi connectivity index (χ2v) is 4.51. The van der Waals surface area contributed by atoms with Crippen molar-refractivity contribution in [2.75, 3.05) is 11.9 Å². The van der Waals surface area contributed by atoms with Gasteiger partial charge in [-0.25, -0.2) is 9.59 Å². The maximum atomic E-state index is 12.0. The fourth-order valence-corrected chi connectivity index (χ4v) is 2.20. The molecule has 0 bridgehead atoms. The molecule has 96 valence electrons. The lowest BCUT2D eigenvalue weighted by molar-refractivity contribution is -0.141. The van der Waals surface area contributed by atoms with Gasteiger partial charge in [-0.3, -0.25) is 0 Å². The number of para-hydroxylation sites is 1. The van der Waals surface area contributed by atoms with Crippen LogP contribution in [-0.2, 0) is 4.79 Å². The van der Waals surface area contributed by atoms with Crippen LogP contribution in [0.2, 0.25) is 5.02 Å². The minimum absolute atomic E-state index is 0.423. The first-order valence-corrected chi connectivity index (χ1v) is 6.02. The molecule has 1 aromatic rings. The Labute approximate surface area is 109 Å². The summed E-state index contributed by atoms with van der Waals surface area (Å²) in [6, 6.07) is 5.68. The van der Waals surface area contributed by atoms with Crippen LogP contribution < -0.4 is 5.32 Å². The van der Waals surface area contributed by atoms with Crippen molar-refractivity contribution < 1.29 is 14.7 Å². The minimum Gasteiger partial charge on any atom is -0.480 e. The highest BCUT2D eigenvalue weighted by Crippen LogP contribution is 2.23. The van der Waals surface area contributed by atoms with Gasteiger partial charge in [0.15, 0.2) is 0 Å². The van der Waals surface area contributed by atoms with E-state index in [9.17, 15) is 9.59 Å². The number of amides is 2. The Morgan fingerprint density at radius 3 is 2.78 bits per heavy atom. The van der Waals surface area contributed by atoms with Crippen molar-refractivity contribution in [3.63, 3.8) is 0 Å². The van der Waals surface area contributed by atoms with Gasteiger partial charge in [-0.1, -0.05) is 23.7 Å². The average Bonchev–Trinajstić information content (AvgIpc) is 2.81. The number of benzene rings is 1. The van der Waals surface area contributed by atoms with Gasteiger partial charge >= 0.3 is 12.0 Å². The SMILES string of the molecule is O=C(O)[C@@H]1CCCN1C(=O)Nc1ccccc1Cl. The van der Waals surface area contributed by atoms with E-state index in [2.05, 4.69) is 5.32 Å². The van der Waals surface area contributed by atoms with Crippen LogP contribution in [0.5, 0.6) is 0 Å². The number of likely N-dealkylation sites (tertiary alicyclic amines) is 1. The third-order valence-corrected chi connectivity index (χ3v) is 3.24. The third kappa shape index (κ3) is 2.56. The van der Waals surface area contributed by atoms with E-state index >= 15 is 0 Å². The summed E-state index contributed by atoms with van der Waals surface area (Å²) in [6.45, 7) is 0.452. The number of halogens is 1. The van der Waals surface area contributed by atoms with E-state index in [1.165, 1.54) is 4.90 Å². The van der Waals surface area contributed by atoms with E-state index in [0.717, 1.165) is 0 Å². The summed E-state index contributed by atoms with van der Waals surface area (Å²) in [5, 5.41) is 12.1. The first-order chi connectivity index (χ1) is 8.59. The Balaban J connectivity index is 2.08. The number of nitrogens with one attached hydrogen (secondary N) is 1. The Bertz CT molecular complexity index is 478. The molecule has 1 saturated heterocycles. The molecule has 5 nitrogen and oxygen atoms in total. The molecule has 0 aromatic heterocycles. The van der Waals surface area contributed by atoms with E-state index in [-0.39, 0.29) is 0 Å². The first-order valence-electron chi connectivity index (χ1n) is 5.64. The van der Waals surface area contributed by atoms with Crippen molar-refractivity contribution in [1.29, 1.82) is 0 Å². The molecule has 0 aliphatic carbocycles. The molecule has 1 fully saturated rings. The number of carboxylic acids is 1. The molecule has 1 heterocycles. The zero-order chi connectivity index (χ0) is 13.1. The van der Waals surface area contributed by atoms with Crippen molar-refractivity contribution in [1.82, 2.24) is 4.90 Å². The smallest absolute Gasteiger partial charge is 0.326 e. The van der Waals surface area contributed by atoms with E-state index in [1.54, 1.807) is 24.3 Å². The Hall–Kier alpha value is -1.75. The van der Waals surface area contributed by atoms with Gasteiger partial charge in [0.2, 0.25) is 0 Å². The zero-order valence-electron chi connectivity index (χ0n) is 9.60. The summed E-state index contributed by atoms with van der Waals surface area (Å²) in [7, 11) is 0. The van der Waals surface area contributed by atoms with Crippen LogP contribution in [0, 0.1) is 0 Å². The summed E-state index contributed by atoms with van der Waals surface area (Å²) in [5.74, 6) is -0.971. The maximum absolute atomic E-state index is 12.0. The molecule has 2 amide bonds. The normalized spacial score (nSPS) is 18.7. The lowest BCUT2D eigenvalue weighted by Crippen LogP contribution is -2.42. The molecule has 18 heavy (non-hydrogen) atoms. The molecule has 2 N–H and O–H groups in total. The maximum Gasteiger partial charge on any atom is 0.326 e. The van der Waals surface area contributed by atoms with Gasteiger partial charge in [-0.05, 0) is 25.0 Å². The molecule has 0 saturated carbocycles. The monoisotopic (exact) mass is 268 g/mol. The van der Waals surface area contributed by atoms with Gasteiger partial charge in [-0.15, -0.1) is 0 Å². The second kappa shape index (κ2) is 5.27. The standard InChI is InChI=1S/C12H13ClN2O3/c13-8-4-1-2-5-9(8)14-12(18)15-7-3-6-10(15)11(16)17/h1-2,4-5,10H,3,6-7H2,(H,14,18)(H,16,17)/t10-/m0/s1. The summed E-state index contributed by atoms with van der Waals surface area (Å²) in [6.07, 6.45) is 1.19. The number of anilines is 1. The van der Waals surface area contributed by atoms with E-state index < -0.39 is 18.0 Å². The fourth-order valence-electron chi connectivity index (χ4n) is 2.02. The number of carbonyl (C=O) groups is 2. The highest BCUT2D eigenvalue weighted by molar-refractivity contribution is 6.33. The van der Waals surface area contributed by atoms with Gasteiger partial charge in [0.25, 0.3) is 0 Å². The molecule has 1 aliphatic heterocycles. The zero-order valence-corrected chi connectivity index (χ0v) is 10.4. The number of urea groups is 1. The minimum atomic E-state index is -0.971. The van der Waals surface area contributed by atoms with Crippen LogP contribution in [0.15, 0.2) is 24.3 Å². The molecule has 0 radical (unpaired) electrons. The quantitative estimate of drug-likeness (QED) is 0.865. The molecule has 6 heteroatoms. The van der Waals surface area contributed by atoms with Gasteiger partial charge in [-0.2, -0.15) is 0 Å². The van der Waals surface area contributed by atoms with Crippen molar-refractivity contribution in [3.8, 4) is 0 Å². The van der Waals surface area contributed by atoms with Gasteiger partial charge in [0.1, 0.15) is 6.04 Å². The lowest BCUT2D eigenvalue weighted by atomic mass is 10.2. The number of hydrogen-bond acceptors (Lipinski definition) is 2. The van der Waals surface area contributed by atoms with Crippen LogP contribution in [0.4, 0.5) is 10.5 Å². The van der Waals surface area contributed by atoms with E-state index in [1.807, 2.05) is 0 Å². The van der Waals surface area contributed by atoms with Crippen molar-refractivity contribution in [2.24, 2.45) is 0 Å². The Kier molecular flexibility index (Phi) is 3.72. The average molecular weight is 269 g/mol. The predicted molar refractivity (Wildman–Crippen MR) is 67.8 cm³/mol. The largest absolute Gasteiger partial charge is 0.480 e. The van der Waals surface area contributed by atoms with Gasteiger partial charge < -0.3 is 15.3 Å². The number of nitrogens with zero attached hydrogens (tertiary/aromatic N) is 1. The highest BCUT2D eigenvalue weighted by Gasteiger charge is 2.34. The van der Waals surface area contributed by atoms with Crippen LogP contribution in [0.3, 0.4) is 0 Å². The number of carbonyl (C=O) groups excluding carboxylic acids is 1. The second-order valence-electron chi connectivity index (χ2n) is 4.10. The summed E-state index contributed by atoms with van der Waals surface area (Å²) >= 11 is 5.92. The van der Waals surface area contributed by atoms with Crippen LogP contribution in [0.1, 0.15) is 12.8 Å². The molecule has 0 spiro atoms.